The molecule has 0 aromatic carbocycles. The molecule has 0 bridgehead atoms. The van der Waals surface area contributed by atoms with Crippen molar-refractivity contribution in [2.75, 3.05) is 6.61 Å². The van der Waals surface area contributed by atoms with Crippen molar-refractivity contribution in [2.24, 2.45) is 0 Å². The molecule has 0 saturated carbocycles. The van der Waals surface area contributed by atoms with Gasteiger partial charge in [-0.05, 0) is 6.42 Å². The van der Waals surface area contributed by atoms with E-state index in [0.29, 0.717) is 6.10 Å². The second kappa shape index (κ2) is 6.39. The minimum atomic E-state index is -0.117. The minimum absolute atomic E-state index is 0.117. The van der Waals surface area contributed by atoms with E-state index in [1.54, 1.807) is 0 Å². The smallest absolute Gasteiger partial charge is 0.0834 e. The van der Waals surface area contributed by atoms with Crippen molar-refractivity contribution in [1.82, 2.24) is 0 Å². The highest BCUT2D eigenvalue weighted by Crippen LogP contribution is 2.18. The summed E-state index contributed by atoms with van der Waals surface area (Å²) in [5.41, 5.74) is 0. The predicted molar refractivity (Wildman–Crippen MR) is 53.7 cm³/mol. The zero-order chi connectivity index (χ0) is 9.52. The van der Waals surface area contributed by atoms with Gasteiger partial charge in [0.25, 0.3) is 0 Å². The quantitative estimate of drug-likeness (QED) is 0.466. The molecule has 1 aliphatic rings. The van der Waals surface area contributed by atoms with E-state index >= 15 is 0 Å². The maximum atomic E-state index is 9.54. The molecule has 2 unspecified atom stereocenters. The molecule has 0 radical (unpaired) electrons. The largest absolute Gasteiger partial charge is 0.393 e. The third-order valence-corrected chi connectivity index (χ3v) is 2.58. The highest BCUT2D eigenvalue weighted by atomic mass is 16.6. The second-order valence-electron chi connectivity index (χ2n) is 4.05. The van der Waals surface area contributed by atoms with E-state index in [2.05, 4.69) is 6.92 Å². The Bertz CT molecular complexity index is 121. The van der Waals surface area contributed by atoms with E-state index in [1.807, 2.05) is 0 Å². The summed E-state index contributed by atoms with van der Waals surface area (Å²) < 4.78 is 5.06. The van der Waals surface area contributed by atoms with Crippen molar-refractivity contribution in [3.8, 4) is 0 Å². The molecule has 1 saturated heterocycles. The summed E-state index contributed by atoms with van der Waals surface area (Å²) in [6.07, 6.45) is 8.48. The first-order valence-electron chi connectivity index (χ1n) is 5.62. The van der Waals surface area contributed by atoms with Crippen LogP contribution in [0.15, 0.2) is 0 Å². The van der Waals surface area contributed by atoms with Gasteiger partial charge in [0, 0.05) is 6.42 Å². The van der Waals surface area contributed by atoms with Crippen LogP contribution in [0, 0.1) is 0 Å². The molecule has 0 aliphatic carbocycles. The minimum Gasteiger partial charge on any atom is -0.393 e. The van der Waals surface area contributed by atoms with E-state index in [4.69, 9.17) is 4.74 Å². The molecule has 0 aromatic heterocycles. The van der Waals surface area contributed by atoms with Gasteiger partial charge < -0.3 is 9.84 Å². The first-order valence-corrected chi connectivity index (χ1v) is 5.62. The van der Waals surface area contributed by atoms with E-state index in [9.17, 15) is 5.11 Å². The normalized spacial score (nSPS) is 23.1. The molecule has 0 amide bonds. The lowest BCUT2D eigenvalue weighted by molar-refractivity contribution is 0.139. The SMILES string of the molecule is CCCCCCCC(O)CC1CO1. The molecule has 1 aliphatic heterocycles. The fourth-order valence-electron chi connectivity index (χ4n) is 1.61. The molecular formula is C11H22O2. The van der Waals surface area contributed by atoms with Crippen LogP contribution in [0.5, 0.6) is 0 Å². The van der Waals surface area contributed by atoms with Crippen molar-refractivity contribution in [1.29, 1.82) is 0 Å². The molecule has 2 heteroatoms. The Morgan fingerprint density at radius 3 is 2.62 bits per heavy atom. The van der Waals surface area contributed by atoms with Gasteiger partial charge in [0.15, 0.2) is 0 Å². The Labute approximate surface area is 81.3 Å². The maximum absolute atomic E-state index is 9.54. The van der Waals surface area contributed by atoms with Gasteiger partial charge in [-0.3, -0.25) is 0 Å². The summed E-state index contributed by atoms with van der Waals surface area (Å²) in [4.78, 5) is 0. The summed E-state index contributed by atoms with van der Waals surface area (Å²) >= 11 is 0. The molecule has 2 atom stereocenters. The van der Waals surface area contributed by atoms with Crippen LogP contribution in [0.3, 0.4) is 0 Å². The Morgan fingerprint density at radius 2 is 2.00 bits per heavy atom. The average Bonchev–Trinajstić information content (AvgIpc) is 2.88. The van der Waals surface area contributed by atoms with Gasteiger partial charge in [-0.2, -0.15) is 0 Å². The van der Waals surface area contributed by atoms with Crippen LogP contribution < -0.4 is 0 Å². The number of hydrogen-bond donors (Lipinski definition) is 1. The number of epoxide rings is 1. The van der Waals surface area contributed by atoms with Crippen LogP contribution in [-0.4, -0.2) is 23.9 Å². The zero-order valence-corrected chi connectivity index (χ0v) is 8.67. The second-order valence-corrected chi connectivity index (χ2v) is 4.05. The maximum Gasteiger partial charge on any atom is 0.0834 e. The number of aliphatic hydroxyl groups excluding tert-OH is 1. The van der Waals surface area contributed by atoms with Gasteiger partial charge >= 0.3 is 0 Å². The summed E-state index contributed by atoms with van der Waals surface area (Å²) in [7, 11) is 0. The lowest BCUT2D eigenvalue weighted by Gasteiger charge is -2.07. The molecule has 1 rings (SSSR count). The Hall–Kier alpha value is -0.0800. The Morgan fingerprint density at radius 1 is 1.31 bits per heavy atom. The van der Waals surface area contributed by atoms with E-state index in [-0.39, 0.29) is 6.10 Å². The predicted octanol–water partition coefficient (Wildman–Crippen LogP) is 2.50. The third-order valence-electron chi connectivity index (χ3n) is 2.58. The Balaban J connectivity index is 1.80. The molecule has 1 fully saturated rings. The first-order chi connectivity index (χ1) is 6.33. The monoisotopic (exact) mass is 186 g/mol. The van der Waals surface area contributed by atoms with Crippen LogP contribution in [0.4, 0.5) is 0 Å². The van der Waals surface area contributed by atoms with Crippen molar-refractivity contribution < 1.29 is 9.84 Å². The molecule has 0 spiro atoms. The zero-order valence-electron chi connectivity index (χ0n) is 8.67. The van der Waals surface area contributed by atoms with Gasteiger partial charge in [0.1, 0.15) is 0 Å². The number of hydrogen-bond acceptors (Lipinski definition) is 2. The van der Waals surface area contributed by atoms with E-state index in [1.165, 1.54) is 32.1 Å². The van der Waals surface area contributed by atoms with Gasteiger partial charge in [-0.25, -0.2) is 0 Å². The number of aliphatic hydroxyl groups is 1. The molecule has 1 N–H and O–H groups in total. The van der Waals surface area contributed by atoms with Gasteiger partial charge in [0.2, 0.25) is 0 Å². The summed E-state index contributed by atoms with van der Waals surface area (Å²) in [5.74, 6) is 0. The molecule has 78 valence electrons. The third kappa shape index (κ3) is 6.05. The van der Waals surface area contributed by atoms with Crippen molar-refractivity contribution in [2.45, 2.75) is 64.1 Å². The van der Waals surface area contributed by atoms with Crippen LogP contribution in [0.2, 0.25) is 0 Å². The summed E-state index contributed by atoms with van der Waals surface area (Å²) in [5, 5.41) is 9.54. The number of unbranched alkanes of at least 4 members (excludes halogenated alkanes) is 4. The lowest BCUT2D eigenvalue weighted by Crippen LogP contribution is -2.09. The highest BCUT2D eigenvalue weighted by molar-refractivity contribution is 4.73. The molecular weight excluding hydrogens is 164 g/mol. The van der Waals surface area contributed by atoms with Gasteiger partial charge in [-0.15, -0.1) is 0 Å². The topological polar surface area (TPSA) is 32.8 Å². The Kier molecular flexibility index (Phi) is 5.40. The summed E-state index contributed by atoms with van der Waals surface area (Å²) in [6.45, 7) is 3.09. The van der Waals surface area contributed by atoms with E-state index < -0.39 is 0 Å². The van der Waals surface area contributed by atoms with Crippen LogP contribution in [-0.2, 0) is 4.74 Å². The van der Waals surface area contributed by atoms with E-state index in [0.717, 1.165) is 19.4 Å². The molecule has 13 heavy (non-hydrogen) atoms. The molecule has 1 heterocycles. The highest BCUT2D eigenvalue weighted by Gasteiger charge is 2.25. The van der Waals surface area contributed by atoms with Gasteiger partial charge in [0.05, 0.1) is 18.8 Å². The number of rotatable bonds is 8. The first kappa shape index (κ1) is 11.0. The van der Waals surface area contributed by atoms with Crippen LogP contribution in [0.1, 0.15) is 51.9 Å². The fraction of sp³-hybridized carbons (Fsp3) is 1.00. The lowest BCUT2D eigenvalue weighted by atomic mass is 10.1. The van der Waals surface area contributed by atoms with Gasteiger partial charge in [-0.1, -0.05) is 39.0 Å². The summed E-state index contributed by atoms with van der Waals surface area (Å²) in [6, 6.07) is 0. The average molecular weight is 186 g/mol. The van der Waals surface area contributed by atoms with Crippen LogP contribution >= 0.6 is 0 Å². The molecule has 2 nitrogen and oxygen atoms in total. The van der Waals surface area contributed by atoms with Crippen molar-refractivity contribution in [3.05, 3.63) is 0 Å². The van der Waals surface area contributed by atoms with Crippen molar-refractivity contribution >= 4 is 0 Å². The molecule has 0 aromatic rings. The number of ether oxygens (including phenoxy) is 1. The fourth-order valence-corrected chi connectivity index (χ4v) is 1.61. The standard InChI is InChI=1S/C11H22O2/c1-2-3-4-5-6-7-10(12)8-11-9-13-11/h10-12H,2-9H2,1H3. The van der Waals surface area contributed by atoms with Crippen LogP contribution in [0.25, 0.3) is 0 Å². The van der Waals surface area contributed by atoms with Crippen molar-refractivity contribution in [3.63, 3.8) is 0 Å².